The van der Waals surface area contributed by atoms with Crippen LogP contribution in [-0.4, -0.2) is 56.9 Å². The number of benzene rings is 2. The standard InChI is InChI=1S/C25H33FN4O4/c1-5-33-13-12-30-22-14-20(34-19-8-6-18(26)7-9-19)10-11-21(22)28-23(30)15-29(16-25(3,4)32)17(2)24(27)31/h6-11,14,17,32H,5,12-13,15-16H2,1-4H3,(H2,27,31)/t17-/m0/s1. The summed E-state index contributed by atoms with van der Waals surface area (Å²) in [5, 5.41) is 10.4. The van der Waals surface area contributed by atoms with Crippen LogP contribution in [0.15, 0.2) is 42.5 Å². The van der Waals surface area contributed by atoms with E-state index in [1.54, 1.807) is 39.0 Å². The van der Waals surface area contributed by atoms with Gasteiger partial charge in [-0.3, -0.25) is 9.69 Å². The van der Waals surface area contributed by atoms with Gasteiger partial charge >= 0.3 is 0 Å². The number of aliphatic hydroxyl groups is 1. The van der Waals surface area contributed by atoms with Gasteiger partial charge in [0.1, 0.15) is 23.1 Å². The Morgan fingerprint density at radius 2 is 1.91 bits per heavy atom. The number of halogens is 1. The van der Waals surface area contributed by atoms with Crippen LogP contribution in [0.25, 0.3) is 11.0 Å². The highest BCUT2D eigenvalue weighted by atomic mass is 19.1. The normalized spacial score (nSPS) is 12.9. The topological polar surface area (TPSA) is 103 Å². The van der Waals surface area contributed by atoms with E-state index in [1.807, 2.05) is 28.5 Å². The molecular weight excluding hydrogens is 439 g/mol. The van der Waals surface area contributed by atoms with Crippen molar-refractivity contribution in [3.8, 4) is 11.5 Å². The minimum absolute atomic E-state index is 0.241. The molecule has 0 spiro atoms. The number of nitrogens with zero attached hydrogens (tertiary/aromatic N) is 3. The number of fused-ring (bicyclic) bond motifs is 1. The van der Waals surface area contributed by atoms with Crippen molar-refractivity contribution in [2.24, 2.45) is 5.73 Å². The lowest BCUT2D eigenvalue weighted by molar-refractivity contribution is -0.124. The Balaban J connectivity index is 1.97. The molecule has 0 saturated carbocycles. The van der Waals surface area contributed by atoms with Gasteiger partial charge in [-0.15, -0.1) is 0 Å². The number of amides is 1. The summed E-state index contributed by atoms with van der Waals surface area (Å²) in [5.41, 5.74) is 6.14. The van der Waals surface area contributed by atoms with Gasteiger partial charge in [-0.25, -0.2) is 9.37 Å². The maximum Gasteiger partial charge on any atom is 0.234 e. The number of ether oxygens (including phenoxy) is 2. The molecule has 3 rings (SSSR count). The van der Waals surface area contributed by atoms with E-state index >= 15 is 0 Å². The first-order chi connectivity index (χ1) is 16.1. The van der Waals surface area contributed by atoms with Crippen molar-refractivity contribution in [2.45, 2.75) is 52.4 Å². The number of hydrogen-bond acceptors (Lipinski definition) is 6. The van der Waals surface area contributed by atoms with Crippen molar-refractivity contribution in [2.75, 3.05) is 19.8 Å². The van der Waals surface area contributed by atoms with E-state index < -0.39 is 17.6 Å². The third-order valence-electron chi connectivity index (χ3n) is 5.41. The fourth-order valence-electron chi connectivity index (χ4n) is 3.71. The van der Waals surface area contributed by atoms with E-state index in [-0.39, 0.29) is 12.4 Å². The summed E-state index contributed by atoms with van der Waals surface area (Å²) in [6.45, 7) is 9.18. The molecule has 0 unspecified atom stereocenters. The van der Waals surface area contributed by atoms with E-state index in [9.17, 15) is 14.3 Å². The number of hydrogen-bond donors (Lipinski definition) is 2. The van der Waals surface area contributed by atoms with Gasteiger partial charge in [0.25, 0.3) is 0 Å². The zero-order valence-corrected chi connectivity index (χ0v) is 20.1. The highest BCUT2D eigenvalue weighted by molar-refractivity contribution is 5.79. The maximum atomic E-state index is 13.2. The first-order valence-electron chi connectivity index (χ1n) is 11.3. The molecule has 8 nitrogen and oxygen atoms in total. The molecule has 3 aromatic rings. The molecule has 1 amide bonds. The Kier molecular flexibility index (Phi) is 8.24. The Bertz CT molecular complexity index is 1110. The maximum absolute atomic E-state index is 13.2. The third-order valence-corrected chi connectivity index (χ3v) is 5.41. The molecule has 0 radical (unpaired) electrons. The molecule has 2 aromatic carbocycles. The molecule has 9 heteroatoms. The lowest BCUT2D eigenvalue weighted by Gasteiger charge is -2.32. The minimum atomic E-state index is -1.03. The zero-order chi connectivity index (χ0) is 24.9. The Morgan fingerprint density at radius 1 is 1.24 bits per heavy atom. The molecule has 0 aliphatic carbocycles. The van der Waals surface area contributed by atoms with Crippen LogP contribution in [0.2, 0.25) is 0 Å². The fraction of sp³-hybridized carbons (Fsp3) is 0.440. The van der Waals surface area contributed by atoms with Gasteiger partial charge in [0, 0.05) is 25.8 Å². The van der Waals surface area contributed by atoms with Gasteiger partial charge < -0.3 is 24.9 Å². The zero-order valence-electron chi connectivity index (χ0n) is 20.1. The lowest BCUT2D eigenvalue weighted by atomic mass is 10.1. The van der Waals surface area contributed by atoms with Gasteiger partial charge in [-0.05, 0) is 64.1 Å². The van der Waals surface area contributed by atoms with Crippen molar-refractivity contribution in [3.05, 3.63) is 54.1 Å². The first kappa shape index (κ1) is 25.6. The predicted molar refractivity (Wildman–Crippen MR) is 128 cm³/mol. The monoisotopic (exact) mass is 472 g/mol. The number of primary amides is 1. The van der Waals surface area contributed by atoms with Crippen LogP contribution in [0.4, 0.5) is 4.39 Å². The average molecular weight is 473 g/mol. The summed E-state index contributed by atoms with van der Waals surface area (Å²) in [6.07, 6.45) is 0. The SMILES string of the molecule is CCOCCn1c(CN(CC(C)(C)O)[C@@H](C)C(N)=O)nc2ccc(Oc3ccc(F)cc3)cc21. The van der Waals surface area contributed by atoms with Gasteiger partial charge in [-0.2, -0.15) is 0 Å². The molecule has 1 atom stereocenters. The fourth-order valence-corrected chi connectivity index (χ4v) is 3.71. The highest BCUT2D eigenvalue weighted by Gasteiger charge is 2.27. The molecule has 34 heavy (non-hydrogen) atoms. The number of aromatic nitrogens is 2. The summed E-state index contributed by atoms with van der Waals surface area (Å²) in [5.74, 6) is 1.01. The molecule has 0 aliphatic rings. The lowest BCUT2D eigenvalue weighted by Crippen LogP contribution is -2.48. The van der Waals surface area contributed by atoms with E-state index in [1.165, 1.54) is 12.1 Å². The predicted octanol–water partition coefficient (Wildman–Crippen LogP) is 3.45. The summed E-state index contributed by atoms with van der Waals surface area (Å²) < 4.78 is 26.7. The summed E-state index contributed by atoms with van der Waals surface area (Å²) >= 11 is 0. The van der Waals surface area contributed by atoms with Gasteiger partial charge in [-0.1, -0.05) is 0 Å². The van der Waals surface area contributed by atoms with E-state index in [2.05, 4.69) is 0 Å². The van der Waals surface area contributed by atoms with Crippen LogP contribution in [0.1, 0.15) is 33.5 Å². The van der Waals surface area contributed by atoms with Crippen molar-refractivity contribution < 1.29 is 23.8 Å². The highest BCUT2D eigenvalue weighted by Crippen LogP contribution is 2.27. The van der Waals surface area contributed by atoms with Crippen LogP contribution in [-0.2, 0) is 22.6 Å². The largest absolute Gasteiger partial charge is 0.457 e. The molecule has 1 heterocycles. The Labute approximate surface area is 199 Å². The van der Waals surface area contributed by atoms with Crippen LogP contribution < -0.4 is 10.5 Å². The Morgan fingerprint density at radius 3 is 2.53 bits per heavy atom. The van der Waals surface area contributed by atoms with Crippen molar-refractivity contribution in [3.63, 3.8) is 0 Å². The molecule has 184 valence electrons. The molecule has 1 aromatic heterocycles. The van der Waals surface area contributed by atoms with E-state index in [0.29, 0.717) is 43.6 Å². The van der Waals surface area contributed by atoms with E-state index in [0.717, 1.165) is 11.0 Å². The molecule has 3 N–H and O–H groups in total. The minimum Gasteiger partial charge on any atom is -0.457 e. The molecule has 0 fully saturated rings. The molecule has 0 aliphatic heterocycles. The van der Waals surface area contributed by atoms with Crippen LogP contribution in [0.3, 0.4) is 0 Å². The van der Waals surface area contributed by atoms with Gasteiger partial charge in [0.15, 0.2) is 0 Å². The molecule has 0 saturated heterocycles. The van der Waals surface area contributed by atoms with Crippen molar-refractivity contribution in [1.29, 1.82) is 0 Å². The number of carbonyl (C=O) groups is 1. The second-order valence-corrected chi connectivity index (χ2v) is 8.88. The first-order valence-corrected chi connectivity index (χ1v) is 11.3. The van der Waals surface area contributed by atoms with Crippen LogP contribution in [0, 0.1) is 5.82 Å². The number of imidazole rings is 1. The number of rotatable bonds is 12. The van der Waals surface area contributed by atoms with Crippen molar-refractivity contribution in [1.82, 2.24) is 14.5 Å². The number of carbonyl (C=O) groups excluding carboxylic acids is 1. The van der Waals surface area contributed by atoms with Crippen LogP contribution in [0.5, 0.6) is 11.5 Å². The summed E-state index contributed by atoms with van der Waals surface area (Å²) in [6, 6.07) is 10.8. The Hall–Kier alpha value is -3.01. The summed E-state index contributed by atoms with van der Waals surface area (Å²) in [4.78, 5) is 18.5. The second-order valence-electron chi connectivity index (χ2n) is 8.88. The second kappa shape index (κ2) is 10.9. The van der Waals surface area contributed by atoms with Gasteiger partial charge in [0.05, 0.1) is 35.8 Å². The molecule has 0 bridgehead atoms. The number of nitrogens with two attached hydrogens (primary N) is 1. The third kappa shape index (κ3) is 6.75. The van der Waals surface area contributed by atoms with E-state index in [4.69, 9.17) is 20.2 Å². The van der Waals surface area contributed by atoms with Gasteiger partial charge in [0.2, 0.25) is 5.91 Å². The smallest absolute Gasteiger partial charge is 0.234 e. The quantitative estimate of drug-likeness (QED) is 0.392. The molecular formula is C25H33FN4O4. The van der Waals surface area contributed by atoms with Crippen LogP contribution >= 0.6 is 0 Å². The summed E-state index contributed by atoms with van der Waals surface area (Å²) in [7, 11) is 0. The average Bonchev–Trinajstić information content (AvgIpc) is 3.10. The van der Waals surface area contributed by atoms with Crippen molar-refractivity contribution >= 4 is 16.9 Å².